The van der Waals surface area contributed by atoms with Crippen LogP contribution in [0.2, 0.25) is 0 Å². The number of carboxylic acid groups (broad SMARTS) is 1. The van der Waals surface area contributed by atoms with Crippen LogP contribution in [-0.2, 0) is 9.59 Å². The summed E-state index contributed by atoms with van der Waals surface area (Å²) in [5, 5.41) is 9.18. The first kappa shape index (κ1) is 19.9. The number of carbonyl (C=O) groups excluding carboxylic acids is 1. The molecule has 2 atom stereocenters. The predicted octanol–water partition coefficient (Wildman–Crippen LogP) is 1.18. The second-order valence-electron chi connectivity index (χ2n) is 6.75. The molecule has 1 amide bonds. The third kappa shape index (κ3) is 8.02. The van der Waals surface area contributed by atoms with Gasteiger partial charge in [0, 0.05) is 6.54 Å². The first-order valence-electron chi connectivity index (χ1n) is 7.59. The number of hydrogen-bond acceptors (Lipinski definition) is 4. The molecule has 0 heterocycles. The molecule has 0 unspecified atom stereocenters. The van der Waals surface area contributed by atoms with Gasteiger partial charge >= 0.3 is 5.97 Å². The molecule has 0 aliphatic carbocycles. The number of hydrogen-bond donors (Lipinski definition) is 3. The normalized spacial score (nSPS) is 14.6. The summed E-state index contributed by atoms with van der Waals surface area (Å²) < 4.78 is 0. The lowest BCUT2D eigenvalue weighted by atomic mass is 9.91. The standard InChI is InChI=1S/C15H31N3O3/c1-11(14(20)21)18(10-8-15(2,3)4)13(19)12(17)7-5-6-9-16/h11-12H,5-10,16-17H2,1-4H3,(H,20,21)/t11-,12-/m0/s1. The molecule has 6 nitrogen and oxygen atoms in total. The minimum absolute atomic E-state index is 0.0282. The van der Waals surface area contributed by atoms with E-state index in [-0.39, 0.29) is 11.3 Å². The maximum atomic E-state index is 12.4. The Kier molecular flexibility index (Phi) is 8.51. The van der Waals surface area contributed by atoms with Gasteiger partial charge in [0.2, 0.25) is 5.91 Å². The van der Waals surface area contributed by atoms with E-state index in [1.807, 2.05) is 0 Å². The summed E-state index contributed by atoms with van der Waals surface area (Å²) in [5.74, 6) is -1.29. The fraction of sp³-hybridized carbons (Fsp3) is 0.867. The quantitative estimate of drug-likeness (QED) is 0.554. The fourth-order valence-electron chi connectivity index (χ4n) is 1.93. The summed E-state index contributed by atoms with van der Waals surface area (Å²) in [5.41, 5.74) is 11.4. The van der Waals surface area contributed by atoms with Crippen LogP contribution in [0.15, 0.2) is 0 Å². The van der Waals surface area contributed by atoms with E-state index in [0.29, 0.717) is 19.5 Å². The molecule has 0 spiro atoms. The molecule has 0 aromatic carbocycles. The summed E-state index contributed by atoms with van der Waals surface area (Å²) in [6.45, 7) is 8.67. The Morgan fingerprint density at radius 2 is 1.81 bits per heavy atom. The molecule has 124 valence electrons. The van der Waals surface area contributed by atoms with Gasteiger partial charge in [-0.25, -0.2) is 4.79 Å². The van der Waals surface area contributed by atoms with Gasteiger partial charge in [-0.05, 0) is 38.1 Å². The van der Waals surface area contributed by atoms with Gasteiger partial charge in [-0.2, -0.15) is 0 Å². The van der Waals surface area contributed by atoms with Gasteiger partial charge in [-0.15, -0.1) is 0 Å². The molecule has 5 N–H and O–H groups in total. The zero-order valence-electron chi connectivity index (χ0n) is 13.8. The molecule has 0 fully saturated rings. The lowest BCUT2D eigenvalue weighted by Crippen LogP contribution is -2.51. The Hall–Kier alpha value is -1.14. The van der Waals surface area contributed by atoms with Crippen LogP contribution in [0.1, 0.15) is 53.4 Å². The molecule has 0 rings (SSSR count). The summed E-state index contributed by atoms with van der Waals surface area (Å²) >= 11 is 0. The van der Waals surface area contributed by atoms with Gasteiger partial charge in [-0.1, -0.05) is 27.2 Å². The predicted molar refractivity (Wildman–Crippen MR) is 83.8 cm³/mol. The largest absolute Gasteiger partial charge is 0.480 e. The van der Waals surface area contributed by atoms with Crippen molar-refractivity contribution in [1.82, 2.24) is 4.90 Å². The van der Waals surface area contributed by atoms with Crippen LogP contribution < -0.4 is 11.5 Å². The topological polar surface area (TPSA) is 110 Å². The summed E-state index contributed by atoms with van der Waals surface area (Å²) in [6, 6.07) is -1.52. The highest BCUT2D eigenvalue weighted by Gasteiger charge is 2.29. The highest BCUT2D eigenvalue weighted by Crippen LogP contribution is 2.20. The van der Waals surface area contributed by atoms with Gasteiger partial charge in [0.1, 0.15) is 6.04 Å². The fourth-order valence-corrected chi connectivity index (χ4v) is 1.93. The molecule has 0 saturated heterocycles. The molecule has 0 aliphatic heterocycles. The van der Waals surface area contributed by atoms with E-state index >= 15 is 0 Å². The second kappa shape index (κ2) is 9.00. The van der Waals surface area contributed by atoms with Gasteiger partial charge in [0.15, 0.2) is 0 Å². The van der Waals surface area contributed by atoms with Crippen LogP contribution in [-0.4, -0.2) is 47.1 Å². The SMILES string of the molecule is C[C@@H](C(=O)O)N(CCC(C)(C)C)C(=O)[C@@H](N)CCCCN. The molecule has 0 bridgehead atoms. The van der Waals surface area contributed by atoms with E-state index in [9.17, 15) is 14.7 Å². The van der Waals surface area contributed by atoms with Crippen molar-refractivity contribution in [2.45, 2.75) is 65.5 Å². The zero-order chi connectivity index (χ0) is 16.6. The Labute approximate surface area is 127 Å². The average Bonchev–Trinajstić information content (AvgIpc) is 2.37. The zero-order valence-corrected chi connectivity index (χ0v) is 13.8. The van der Waals surface area contributed by atoms with E-state index in [0.717, 1.165) is 19.3 Å². The van der Waals surface area contributed by atoms with Crippen LogP contribution >= 0.6 is 0 Å². The molecule has 21 heavy (non-hydrogen) atoms. The third-order valence-corrected chi connectivity index (χ3v) is 3.50. The van der Waals surface area contributed by atoms with E-state index in [2.05, 4.69) is 20.8 Å². The number of carbonyl (C=O) groups is 2. The second-order valence-corrected chi connectivity index (χ2v) is 6.75. The minimum atomic E-state index is -1.01. The van der Waals surface area contributed by atoms with Gasteiger partial charge in [0.05, 0.1) is 6.04 Å². The van der Waals surface area contributed by atoms with Crippen LogP contribution in [0.25, 0.3) is 0 Å². The van der Waals surface area contributed by atoms with Crippen molar-refractivity contribution in [2.75, 3.05) is 13.1 Å². The van der Waals surface area contributed by atoms with E-state index in [1.165, 1.54) is 11.8 Å². The van der Waals surface area contributed by atoms with Gasteiger partial charge < -0.3 is 21.5 Å². The molecular formula is C15H31N3O3. The highest BCUT2D eigenvalue weighted by atomic mass is 16.4. The third-order valence-electron chi connectivity index (χ3n) is 3.50. The van der Waals surface area contributed by atoms with Crippen molar-refractivity contribution >= 4 is 11.9 Å². The number of nitrogens with two attached hydrogens (primary N) is 2. The maximum absolute atomic E-state index is 12.4. The number of carboxylic acids is 1. The Morgan fingerprint density at radius 1 is 1.24 bits per heavy atom. The van der Waals surface area contributed by atoms with Crippen LogP contribution in [0.3, 0.4) is 0 Å². The van der Waals surface area contributed by atoms with Crippen molar-refractivity contribution in [3.05, 3.63) is 0 Å². The lowest BCUT2D eigenvalue weighted by Gasteiger charge is -2.31. The van der Waals surface area contributed by atoms with Crippen molar-refractivity contribution in [2.24, 2.45) is 16.9 Å². The Morgan fingerprint density at radius 3 is 2.24 bits per heavy atom. The molecular weight excluding hydrogens is 270 g/mol. The number of rotatable bonds is 9. The minimum Gasteiger partial charge on any atom is -0.480 e. The van der Waals surface area contributed by atoms with E-state index in [1.54, 1.807) is 0 Å². The van der Waals surface area contributed by atoms with Crippen molar-refractivity contribution in [3.63, 3.8) is 0 Å². The molecule has 0 aromatic rings. The monoisotopic (exact) mass is 301 g/mol. The smallest absolute Gasteiger partial charge is 0.326 e. The molecule has 0 radical (unpaired) electrons. The van der Waals surface area contributed by atoms with Crippen molar-refractivity contribution in [1.29, 1.82) is 0 Å². The van der Waals surface area contributed by atoms with Crippen molar-refractivity contribution in [3.8, 4) is 0 Å². The van der Waals surface area contributed by atoms with Crippen molar-refractivity contribution < 1.29 is 14.7 Å². The highest BCUT2D eigenvalue weighted by molar-refractivity contribution is 5.86. The van der Waals surface area contributed by atoms with E-state index in [4.69, 9.17) is 11.5 Å². The van der Waals surface area contributed by atoms with Crippen LogP contribution in [0, 0.1) is 5.41 Å². The molecule has 0 aromatic heterocycles. The summed E-state index contributed by atoms with van der Waals surface area (Å²) in [4.78, 5) is 25.0. The molecule has 6 heteroatoms. The maximum Gasteiger partial charge on any atom is 0.326 e. The average molecular weight is 301 g/mol. The Bertz CT molecular complexity index is 340. The first-order chi connectivity index (χ1) is 9.60. The van der Waals surface area contributed by atoms with Crippen LogP contribution in [0.4, 0.5) is 0 Å². The number of nitrogens with zero attached hydrogens (tertiary/aromatic N) is 1. The van der Waals surface area contributed by atoms with Gasteiger partial charge in [-0.3, -0.25) is 4.79 Å². The number of amides is 1. The summed E-state index contributed by atoms with van der Waals surface area (Å²) in [6.07, 6.45) is 2.86. The van der Waals surface area contributed by atoms with Gasteiger partial charge in [0.25, 0.3) is 0 Å². The lowest BCUT2D eigenvalue weighted by molar-refractivity contribution is -0.150. The summed E-state index contributed by atoms with van der Waals surface area (Å²) in [7, 11) is 0. The molecule has 0 aliphatic rings. The number of aliphatic carboxylic acids is 1. The number of unbranched alkanes of at least 4 members (excludes halogenated alkanes) is 1. The first-order valence-corrected chi connectivity index (χ1v) is 7.59. The molecule has 0 saturated carbocycles. The van der Waals surface area contributed by atoms with E-state index < -0.39 is 18.1 Å². The Balaban J connectivity index is 4.77. The van der Waals surface area contributed by atoms with Crippen LogP contribution in [0.5, 0.6) is 0 Å².